The van der Waals surface area contributed by atoms with Crippen LogP contribution in [-0.2, 0) is 0 Å². The monoisotopic (exact) mass is 370 g/mol. The lowest BCUT2D eigenvalue weighted by molar-refractivity contribution is 0.399. The number of rotatable bonds is 0. The highest BCUT2D eigenvalue weighted by Crippen LogP contribution is 2.19. The van der Waals surface area contributed by atoms with Gasteiger partial charge >= 0.3 is 0 Å². The van der Waals surface area contributed by atoms with E-state index >= 15 is 0 Å². The van der Waals surface area contributed by atoms with Crippen LogP contribution in [0.2, 0.25) is 0 Å². The minimum absolute atomic E-state index is 0. The molecule has 0 amide bonds. The van der Waals surface area contributed by atoms with Gasteiger partial charge in [-0.1, -0.05) is 47.3 Å². The molecule has 0 aromatic carbocycles. The smallest absolute Gasteiger partial charge is 0.0319 e. The zero-order valence-corrected chi connectivity index (χ0v) is 14.3. The molecule has 2 aliphatic carbocycles. The maximum Gasteiger partial charge on any atom is 0.0319 e. The second-order valence-corrected chi connectivity index (χ2v) is 4.66. The van der Waals surface area contributed by atoms with E-state index in [1.54, 1.807) is 0 Å². The van der Waals surface area contributed by atoms with Crippen LogP contribution in [-0.4, -0.2) is 12.2 Å². The molecule has 19 heavy (non-hydrogen) atoms. The molecule has 0 saturated heterocycles. The van der Waals surface area contributed by atoms with Crippen molar-refractivity contribution >= 4 is 24.0 Å². The molecule has 0 spiro atoms. The molecule has 0 atom stereocenters. The Balaban J connectivity index is 0.00000103. The fourth-order valence-electron chi connectivity index (χ4n) is 1.85. The predicted molar refractivity (Wildman–Crippen MR) is 93.5 cm³/mol. The van der Waals surface area contributed by atoms with Gasteiger partial charge in [0.2, 0.25) is 0 Å². The van der Waals surface area contributed by atoms with Crippen LogP contribution >= 0.6 is 24.0 Å². The molecule has 0 bridgehead atoms. The number of hydrogen-bond acceptors (Lipinski definition) is 1. The van der Waals surface area contributed by atoms with Crippen molar-refractivity contribution in [3.8, 4) is 11.8 Å². The zero-order chi connectivity index (χ0) is 13.4. The summed E-state index contributed by atoms with van der Waals surface area (Å²) in [5.74, 6) is 6.59. The summed E-state index contributed by atoms with van der Waals surface area (Å²) in [6, 6.07) is 0. The first-order valence-electron chi connectivity index (χ1n) is 6.43. The second kappa shape index (κ2) is 10.1. The Morgan fingerprint density at radius 2 is 1.11 bits per heavy atom. The van der Waals surface area contributed by atoms with Gasteiger partial charge in [0.25, 0.3) is 0 Å². The van der Waals surface area contributed by atoms with Crippen molar-refractivity contribution in [2.24, 2.45) is 0 Å². The van der Waals surface area contributed by atoms with Crippen LogP contribution in [0.1, 0.15) is 39.5 Å². The predicted octanol–water partition coefficient (Wildman–Crippen LogP) is 4.55. The molecule has 1 nitrogen and oxygen atoms in total. The van der Waals surface area contributed by atoms with Gasteiger partial charge < -0.3 is 5.11 Å². The lowest BCUT2D eigenvalue weighted by Gasteiger charge is -2.07. The van der Waals surface area contributed by atoms with Crippen LogP contribution in [0.25, 0.3) is 0 Å². The van der Waals surface area contributed by atoms with Gasteiger partial charge in [-0.25, -0.2) is 0 Å². The Bertz CT molecular complexity index is 425. The number of aliphatic hydroxyl groups excluding tert-OH is 1. The van der Waals surface area contributed by atoms with Gasteiger partial charge in [-0.3, -0.25) is 0 Å². The van der Waals surface area contributed by atoms with Crippen LogP contribution in [0.15, 0.2) is 46.6 Å². The molecular formula is C17H23IO. The molecule has 2 aliphatic rings. The Morgan fingerprint density at radius 3 is 1.37 bits per heavy atom. The van der Waals surface area contributed by atoms with E-state index in [0.717, 1.165) is 20.0 Å². The van der Waals surface area contributed by atoms with Crippen LogP contribution in [0.3, 0.4) is 0 Å². The van der Waals surface area contributed by atoms with E-state index in [0.29, 0.717) is 0 Å². The topological polar surface area (TPSA) is 20.2 Å². The molecule has 2 rings (SSSR count). The third-order valence-corrected chi connectivity index (χ3v) is 3.10. The highest BCUT2D eigenvalue weighted by Gasteiger charge is 2.02. The van der Waals surface area contributed by atoms with Crippen LogP contribution in [0, 0.1) is 11.8 Å². The van der Waals surface area contributed by atoms with Crippen LogP contribution < -0.4 is 0 Å². The average molecular weight is 370 g/mol. The van der Waals surface area contributed by atoms with E-state index in [1.165, 1.54) is 35.1 Å². The zero-order valence-electron chi connectivity index (χ0n) is 12.0. The molecule has 0 fully saturated rings. The maximum absolute atomic E-state index is 7.00. The van der Waals surface area contributed by atoms with E-state index < -0.39 is 0 Å². The maximum atomic E-state index is 7.00. The first-order chi connectivity index (χ1) is 8.74. The van der Waals surface area contributed by atoms with E-state index in [2.05, 4.69) is 50.0 Å². The van der Waals surface area contributed by atoms with E-state index in [1.807, 2.05) is 0 Å². The summed E-state index contributed by atoms with van der Waals surface area (Å²) in [7, 11) is 1.00. The third kappa shape index (κ3) is 6.79. The molecule has 1 N–H and O–H groups in total. The van der Waals surface area contributed by atoms with Crippen molar-refractivity contribution in [2.45, 2.75) is 39.5 Å². The lowest BCUT2D eigenvalue weighted by atomic mass is 9.97. The quantitative estimate of drug-likeness (QED) is 0.490. The first kappa shape index (κ1) is 18.2. The summed E-state index contributed by atoms with van der Waals surface area (Å²) in [5.41, 5.74) is 5.47. The Kier molecular flexibility index (Phi) is 9.63. The van der Waals surface area contributed by atoms with Gasteiger partial charge in [-0.05, 0) is 39.5 Å². The summed E-state index contributed by atoms with van der Waals surface area (Å²) in [5, 5.41) is 7.00. The van der Waals surface area contributed by atoms with Crippen molar-refractivity contribution in [3.05, 3.63) is 46.6 Å². The van der Waals surface area contributed by atoms with Crippen molar-refractivity contribution < 1.29 is 5.11 Å². The highest BCUT2D eigenvalue weighted by atomic mass is 127. The molecule has 0 unspecified atom stereocenters. The largest absolute Gasteiger partial charge is 0.400 e. The van der Waals surface area contributed by atoms with E-state index in [4.69, 9.17) is 5.11 Å². The van der Waals surface area contributed by atoms with Crippen molar-refractivity contribution in [1.29, 1.82) is 0 Å². The minimum Gasteiger partial charge on any atom is -0.400 e. The highest BCUT2D eigenvalue weighted by molar-refractivity contribution is 14.0. The number of hydrogen-bond donors (Lipinski definition) is 1. The van der Waals surface area contributed by atoms with Crippen molar-refractivity contribution in [1.82, 2.24) is 0 Å². The molecule has 0 aromatic rings. The van der Waals surface area contributed by atoms with Gasteiger partial charge in [0, 0.05) is 18.3 Å². The summed E-state index contributed by atoms with van der Waals surface area (Å²) >= 11 is 0. The standard InChI is InChI=1S/C16H18.CH4O.HI/c1-13-3-7-15(8-4-13)11-12-16-9-5-14(2)6-10-16;1-2;/h3,5,7,9H,4,6,8,10H2,1-2H3;2H,1H3;1H. The molecular weight excluding hydrogens is 347 g/mol. The Labute approximate surface area is 134 Å². The van der Waals surface area contributed by atoms with Gasteiger partial charge in [0.05, 0.1) is 0 Å². The van der Waals surface area contributed by atoms with Gasteiger partial charge in [0.1, 0.15) is 0 Å². The fraction of sp³-hybridized carbons (Fsp3) is 0.412. The molecule has 0 aliphatic heterocycles. The third-order valence-electron chi connectivity index (χ3n) is 3.10. The van der Waals surface area contributed by atoms with Gasteiger partial charge in [0.15, 0.2) is 0 Å². The summed E-state index contributed by atoms with van der Waals surface area (Å²) in [4.78, 5) is 0. The Morgan fingerprint density at radius 1 is 0.737 bits per heavy atom. The summed E-state index contributed by atoms with van der Waals surface area (Å²) in [6.07, 6.45) is 13.2. The fourth-order valence-corrected chi connectivity index (χ4v) is 1.85. The summed E-state index contributed by atoms with van der Waals surface area (Å²) < 4.78 is 0. The first-order valence-corrected chi connectivity index (χ1v) is 6.43. The van der Waals surface area contributed by atoms with E-state index in [-0.39, 0.29) is 24.0 Å². The lowest BCUT2D eigenvalue weighted by Crippen LogP contribution is -1.90. The molecule has 2 heteroatoms. The SMILES string of the molecule is CC1=CC=C(C#CC2=CC=C(C)CC2)CC1.CO.I. The van der Waals surface area contributed by atoms with Gasteiger partial charge in [-0.15, -0.1) is 24.0 Å². The molecule has 0 heterocycles. The molecule has 104 valence electrons. The number of aliphatic hydroxyl groups is 1. The normalized spacial score (nSPS) is 17.1. The van der Waals surface area contributed by atoms with Gasteiger partial charge in [-0.2, -0.15) is 0 Å². The van der Waals surface area contributed by atoms with Crippen LogP contribution in [0.5, 0.6) is 0 Å². The van der Waals surface area contributed by atoms with E-state index in [9.17, 15) is 0 Å². The minimum atomic E-state index is 0. The summed E-state index contributed by atoms with van der Waals surface area (Å²) in [6.45, 7) is 4.36. The number of allylic oxidation sites excluding steroid dienone is 8. The number of halogens is 1. The molecule has 0 saturated carbocycles. The van der Waals surface area contributed by atoms with Crippen LogP contribution in [0.4, 0.5) is 0 Å². The second-order valence-electron chi connectivity index (χ2n) is 4.66. The molecule has 0 aromatic heterocycles. The van der Waals surface area contributed by atoms with Crippen molar-refractivity contribution in [3.63, 3.8) is 0 Å². The molecule has 0 radical (unpaired) electrons. The average Bonchev–Trinajstić information content (AvgIpc) is 2.42. The van der Waals surface area contributed by atoms with Crippen molar-refractivity contribution in [2.75, 3.05) is 7.11 Å². The Hall–Kier alpha value is -0.790.